The van der Waals surface area contributed by atoms with Crippen LogP contribution in [0.4, 0.5) is 4.39 Å². The van der Waals surface area contributed by atoms with Crippen LogP contribution in [0.1, 0.15) is 45.8 Å². The highest BCUT2D eigenvalue weighted by atomic mass is 35.5. The van der Waals surface area contributed by atoms with Crippen LogP contribution in [0, 0.1) is 5.82 Å². The van der Waals surface area contributed by atoms with Crippen LogP contribution < -0.4 is 5.73 Å². The van der Waals surface area contributed by atoms with Crippen molar-refractivity contribution in [3.05, 3.63) is 68.4 Å². The maximum absolute atomic E-state index is 14.3. The Hall–Kier alpha value is -1.55. The second kappa shape index (κ2) is 11.7. The normalized spacial score (nSPS) is 17.8. The van der Waals surface area contributed by atoms with Gasteiger partial charge < -0.3 is 10.3 Å². The van der Waals surface area contributed by atoms with E-state index in [1.165, 1.54) is 6.07 Å². The molecule has 2 fully saturated rings. The number of piperazine rings is 1. The number of rotatable bonds is 6. The number of hydrogen-bond donors (Lipinski definition) is 1. The quantitative estimate of drug-likeness (QED) is 0.590. The third kappa shape index (κ3) is 8.02. The fourth-order valence-corrected chi connectivity index (χ4v) is 4.61. The molecule has 1 saturated carbocycles. The average Bonchev–Trinajstić information content (AvgIpc) is 3.53. The van der Waals surface area contributed by atoms with Crippen LogP contribution in [0.3, 0.4) is 0 Å². The van der Waals surface area contributed by atoms with Gasteiger partial charge >= 0.3 is 0 Å². The lowest BCUT2D eigenvalue weighted by atomic mass is 9.98. The Morgan fingerprint density at radius 2 is 1.58 bits per heavy atom. The smallest absolute Gasteiger partial charge is 0.251 e. The lowest BCUT2D eigenvalue weighted by Gasteiger charge is -2.35. The number of primary amides is 1. The summed E-state index contributed by atoms with van der Waals surface area (Å²) in [5.41, 5.74) is 8.49. The second-order valence-electron chi connectivity index (χ2n) is 8.40. The Labute approximate surface area is 206 Å². The minimum Gasteiger partial charge on any atom is -0.773 e. The predicted octanol–water partition coefficient (Wildman–Crippen LogP) is 3.92. The molecule has 1 aliphatic heterocycles. The molecular weight excluding hydrogens is 488 g/mol. The van der Waals surface area contributed by atoms with Crippen LogP contribution in [-0.4, -0.2) is 56.9 Å². The monoisotopic (exact) mass is 514 g/mol. The van der Waals surface area contributed by atoms with Gasteiger partial charge in [-0.2, -0.15) is 0 Å². The molecule has 1 saturated heterocycles. The van der Waals surface area contributed by atoms with Crippen LogP contribution in [-0.2, 0) is 24.2 Å². The van der Waals surface area contributed by atoms with Gasteiger partial charge in [0.25, 0.3) is 5.91 Å². The Bertz CT molecular complexity index is 1000. The van der Waals surface area contributed by atoms with Gasteiger partial charge in [0, 0.05) is 49.3 Å². The molecule has 1 atom stereocenters. The highest BCUT2D eigenvalue weighted by molar-refractivity contribution is 7.78. The predicted molar refractivity (Wildman–Crippen MR) is 129 cm³/mol. The molecule has 0 radical (unpaired) electrons. The van der Waals surface area contributed by atoms with Crippen molar-refractivity contribution >= 4 is 40.2 Å². The van der Waals surface area contributed by atoms with Gasteiger partial charge in [0.15, 0.2) is 0 Å². The maximum atomic E-state index is 14.3. The average molecular weight is 515 g/mol. The highest BCUT2D eigenvalue weighted by Gasteiger charge is 2.29. The molecule has 1 heterocycles. The Morgan fingerprint density at radius 1 is 1.06 bits per heavy atom. The van der Waals surface area contributed by atoms with Crippen molar-refractivity contribution in [1.29, 1.82) is 0 Å². The molecule has 2 aromatic rings. The molecule has 2 aromatic carbocycles. The van der Waals surface area contributed by atoms with E-state index in [0.717, 1.165) is 68.5 Å². The largest absolute Gasteiger partial charge is 0.773 e. The SMILES string of the molecule is CS(=O)[O-].NC(=O)c1cc(C2CC2)c(CN2CCN(Cc3cc(Cl)cc(Cl)c3)CC2)cc1F. The van der Waals surface area contributed by atoms with Crippen molar-refractivity contribution in [2.45, 2.75) is 31.8 Å². The van der Waals surface area contributed by atoms with E-state index < -0.39 is 22.8 Å². The summed E-state index contributed by atoms with van der Waals surface area (Å²) in [6, 6.07) is 8.82. The first-order valence-electron chi connectivity index (χ1n) is 10.6. The highest BCUT2D eigenvalue weighted by Crippen LogP contribution is 2.42. The molecule has 1 unspecified atom stereocenters. The zero-order valence-corrected chi connectivity index (χ0v) is 20.7. The number of halogens is 3. The summed E-state index contributed by atoms with van der Waals surface area (Å²) in [5.74, 6) is -0.795. The summed E-state index contributed by atoms with van der Waals surface area (Å²) < 4.78 is 32.3. The molecule has 2 aliphatic rings. The standard InChI is InChI=1S/C22H24Cl2FN3O.CH4O2S/c23-17-7-14(8-18(24)10-17)12-27-3-5-28(6-4-27)13-16-9-21(25)20(22(26)29)11-19(16)15-1-2-15;1-4(2)3/h7-11,15H,1-6,12-13H2,(H2,26,29);1H3,(H,2,3)/p-1. The van der Waals surface area contributed by atoms with Gasteiger partial charge in [-0.25, -0.2) is 4.39 Å². The lowest BCUT2D eigenvalue weighted by Crippen LogP contribution is -2.45. The number of carbonyl (C=O) groups excluding carboxylic acids is 1. The summed E-state index contributed by atoms with van der Waals surface area (Å²) in [7, 11) is 0. The van der Waals surface area contributed by atoms with Gasteiger partial charge in [-0.15, -0.1) is 0 Å². The van der Waals surface area contributed by atoms with Crippen molar-refractivity contribution in [3.63, 3.8) is 0 Å². The molecular formula is C23H27Cl2FN3O3S-. The second-order valence-corrected chi connectivity index (χ2v) is 10.1. The fraction of sp³-hybridized carbons (Fsp3) is 0.435. The van der Waals surface area contributed by atoms with Crippen LogP contribution in [0.2, 0.25) is 10.0 Å². The first-order valence-corrected chi connectivity index (χ1v) is 12.9. The van der Waals surface area contributed by atoms with E-state index in [1.807, 2.05) is 12.1 Å². The van der Waals surface area contributed by atoms with Crippen LogP contribution in [0.15, 0.2) is 30.3 Å². The van der Waals surface area contributed by atoms with E-state index in [0.29, 0.717) is 22.5 Å². The lowest BCUT2D eigenvalue weighted by molar-refractivity contribution is 0.0996. The number of nitrogens with two attached hydrogens (primary N) is 1. The van der Waals surface area contributed by atoms with Crippen molar-refractivity contribution in [3.8, 4) is 0 Å². The number of hydrogen-bond acceptors (Lipinski definition) is 5. The minimum absolute atomic E-state index is 0.000604. The molecule has 4 rings (SSSR count). The number of nitrogens with zero attached hydrogens (tertiary/aromatic N) is 2. The van der Waals surface area contributed by atoms with Crippen molar-refractivity contribution in [1.82, 2.24) is 9.80 Å². The third-order valence-corrected chi connectivity index (χ3v) is 6.14. The summed E-state index contributed by atoms with van der Waals surface area (Å²) in [4.78, 5) is 16.2. The van der Waals surface area contributed by atoms with Crippen molar-refractivity contribution in [2.24, 2.45) is 5.73 Å². The van der Waals surface area contributed by atoms with E-state index >= 15 is 0 Å². The van der Waals surface area contributed by atoms with Crippen LogP contribution in [0.25, 0.3) is 0 Å². The zero-order chi connectivity index (χ0) is 24.1. The van der Waals surface area contributed by atoms with E-state index in [1.54, 1.807) is 12.1 Å². The Kier molecular flexibility index (Phi) is 9.26. The first-order chi connectivity index (χ1) is 15.6. The molecule has 2 N–H and O–H groups in total. The van der Waals surface area contributed by atoms with Gasteiger partial charge in [-0.3, -0.25) is 18.8 Å². The summed E-state index contributed by atoms with van der Waals surface area (Å²) >= 11 is 10.3. The number of amides is 1. The summed E-state index contributed by atoms with van der Waals surface area (Å²) in [6.07, 6.45) is 3.26. The molecule has 0 bridgehead atoms. The molecule has 0 aromatic heterocycles. The van der Waals surface area contributed by atoms with E-state index in [9.17, 15) is 9.18 Å². The summed E-state index contributed by atoms with van der Waals surface area (Å²) in [6.45, 7) is 5.15. The molecule has 180 valence electrons. The van der Waals surface area contributed by atoms with E-state index in [4.69, 9.17) is 37.7 Å². The maximum Gasteiger partial charge on any atom is 0.251 e. The van der Waals surface area contributed by atoms with E-state index in [-0.39, 0.29) is 5.56 Å². The molecule has 0 spiro atoms. The van der Waals surface area contributed by atoms with Crippen LogP contribution >= 0.6 is 23.2 Å². The number of carbonyl (C=O) groups is 1. The van der Waals surface area contributed by atoms with Gasteiger partial charge in [-0.05, 0) is 72.0 Å². The number of benzene rings is 2. The van der Waals surface area contributed by atoms with Crippen LogP contribution in [0.5, 0.6) is 0 Å². The van der Waals surface area contributed by atoms with Gasteiger partial charge in [0.1, 0.15) is 5.82 Å². The van der Waals surface area contributed by atoms with Gasteiger partial charge in [0.2, 0.25) is 0 Å². The van der Waals surface area contributed by atoms with Gasteiger partial charge in [0.05, 0.1) is 5.56 Å². The minimum atomic E-state index is -1.86. The zero-order valence-electron chi connectivity index (χ0n) is 18.4. The molecule has 10 heteroatoms. The first kappa shape index (κ1) is 26.1. The Balaban J connectivity index is 0.000000709. The summed E-state index contributed by atoms with van der Waals surface area (Å²) in [5, 5.41) is 1.31. The van der Waals surface area contributed by atoms with Gasteiger partial charge in [-0.1, -0.05) is 34.3 Å². The third-order valence-electron chi connectivity index (χ3n) is 5.70. The van der Waals surface area contributed by atoms with Crippen molar-refractivity contribution in [2.75, 3.05) is 32.4 Å². The fourth-order valence-electron chi connectivity index (χ4n) is 4.04. The molecule has 6 nitrogen and oxygen atoms in total. The molecule has 1 aliphatic carbocycles. The molecule has 33 heavy (non-hydrogen) atoms. The molecule has 1 amide bonds. The van der Waals surface area contributed by atoms with E-state index in [2.05, 4.69) is 9.80 Å². The topological polar surface area (TPSA) is 89.7 Å². The Morgan fingerprint density at radius 3 is 2.06 bits per heavy atom. The van der Waals surface area contributed by atoms with Crippen molar-refractivity contribution < 1.29 is 17.9 Å².